The molecule has 1 aromatic rings. The van der Waals surface area contributed by atoms with Crippen LogP contribution in [0.4, 0.5) is 5.82 Å². The number of rotatable bonds is 2. The highest BCUT2D eigenvalue weighted by molar-refractivity contribution is 8.06. The van der Waals surface area contributed by atoms with Gasteiger partial charge in [-0.05, 0) is 19.3 Å². The van der Waals surface area contributed by atoms with E-state index >= 15 is 0 Å². The molecule has 2 N–H and O–H groups in total. The minimum Gasteiger partial charge on any atom is -0.370 e. The monoisotopic (exact) mass is 297 g/mol. The Hall–Kier alpha value is -0.620. The van der Waals surface area contributed by atoms with E-state index in [0.29, 0.717) is 10.5 Å². The molecule has 1 aromatic heterocycles. The van der Waals surface area contributed by atoms with Crippen LogP contribution < -0.4 is 10.9 Å². The molecule has 2 unspecified atom stereocenters. The molecule has 0 aromatic carbocycles. The van der Waals surface area contributed by atoms with Crippen molar-refractivity contribution in [3.05, 3.63) is 21.7 Å². The molecule has 19 heavy (non-hydrogen) atoms. The lowest BCUT2D eigenvalue weighted by Crippen LogP contribution is -2.28. The molecule has 104 valence electrons. The summed E-state index contributed by atoms with van der Waals surface area (Å²) < 4.78 is 0. The van der Waals surface area contributed by atoms with E-state index in [4.69, 9.17) is 4.98 Å². The second kappa shape index (κ2) is 5.79. The van der Waals surface area contributed by atoms with Crippen LogP contribution in [0.5, 0.6) is 0 Å². The molecule has 0 bridgehead atoms. The third kappa shape index (κ3) is 2.65. The van der Waals surface area contributed by atoms with Gasteiger partial charge in [-0.1, -0.05) is 6.92 Å². The summed E-state index contributed by atoms with van der Waals surface area (Å²) in [4.78, 5) is 19.9. The maximum Gasteiger partial charge on any atom is 0.256 e. The zero-order chi connectivity index (χ0) is 13.2. The summed E-state index contributed by atoms with van der Waals surface area (Å²) in [6.07, 6.45) is 2.98. The van der Waals surface area contributed by atoms with Crippen molar-refractivity contribution in [3.8, 4) is 0 Å². The third-order valence-corrected chi connectivity index (χ3v) is 6.91. The van der Waals surface area contributed by atoms with Crippen LogP contribution in [0, 0.1) is 0 Å². The maximum absolute atomic E-state index is 12.2. The van der Waals surface area contributed by atoms with Gasteiger partial charge in [0.2, 0.25) is 0 Å². The first-order valence-electron chi connectivity index (χ1n) is 6.89. The predicted octanol–water partition coefficient (Wildman–Crippen LogP) is 2.43. The van der Waals surface area contributed by atoms with Crippen molar-refractivity contribution < 1.29 is 0 Å². The molecule has 3 heterocycles. The zero-order valence-electron chi connectivity index (χ0n) is 11.1. The Morgan fingerprint density at radius 2 is 2.21 bits per heavy atom. The molecule has 1 saturated heterocycles. The quantitative estimate of drug-likeness (QED) is 0.878. The van der Waals surface area contributed by atoms with E-state index in [1.165, 1.54) is 5.75 Å². The summed E-state index contributed by atoms with van der Waals surface area (Å²) in [5.74, 6) is 4.02. The summed E-state index contributed by atoms with van der Waals surface area (Å²) in [6, 6.07) is 0. The molecular weight excluding hydrogens is 278 g/mol. The fourth-order valence-corrected chi connectivity index (χ4v) is 5.67. The number of aromatic amines is 1. The van der Waals surface area contributed by atoms with Crippen molar-refractivity contribution in [3.63, 3.8) is 0 Å². The van der Waals surface area contributed by atoms with E-state index in [-0.39, 0.29) is 5.56 Å². The Bertz CT molecular complexity index is 517. The van der Waals surface area contributed by atoms with Crippen molar-refractivity contribution >= 4 is 29.3 Å². The van der Waals surface area contributed by atoms with Crippen molar-refractivity contribution in [2.45, 2.75) is 36.7 Å². The van der Waals surface area contributed by atoms with Gasteiger partial charge in [-0.3, -0.25) is 4.79 Å². The average Bonchev–Trinajstić information content (AvgIpc) is 2.47. The molecule has 6 heteroatoms. The van der Waals surface area contributed by atoms with Crippen LogP contribution in [0.2, 0.25) is 0 Å². The number of H-pyrrole nitrogens is 1. The fraction of sp³-hybridized carbons (Fsp3) is 0.692. The van der Waals surface area contributed by atoms with Crippen molar-refractivity contribution in [2.75, 3.05) is 23.4 Å². The largest absolute Gasteiger partial charge is 0.370 e. The number of nitrogens with one attached hydrogen (secondary N) is 2. The van der Waals surface area contributed by atoms with E-state index in [1.54, 1.807) is 0 Å². The molecule has 0 spiro atoms. The molecular formula is C13H19N3OS2. The number of hydrogen-bond acceptors (Lipinski definition) is 5. The van der Waals surface area contributed by atoms with E-state index in [2.05, 4.69) is 17.2 Å². The van der Waals surface area contributed by atoms with Crippen molar-refractivity contribution in [1.82, 2.24) is 9.97 Å². The van der Waals surface area contributed by atoms with Crippen LogP contribution in [0.15, 0.2) is 4.79 Å². The van der Waals surface area contributed by atoms with Crippen molar-refractivity contribution in [2.24, 2.45) is 0 Å². The van der Waals surface area contributed by atoms with Gasteiger partial charge in [0, 0.05) is 23.3 Å². The molecule has 0 saturated carbocycles. The van der Waals surface area contributed by atoms with Gasteiger partial charge in [0.1, 0.15) is 11.6 Å². The molecule has 0 aliphatic carbocycles. The van der Waals surface area contributed by atoms with Crippen LogP contribution in [0.3, 0.4) is 0 Å². The molecule has 2 aliphatic rings. The summed E-state index contributed by atoms with van der Waals surface area (Å²) >= 11 is 3.93. The standard InChI is InChI=1S/C13H19N3OS2/c1-2-9-10(19-7-6-18-9)12-15-11-8(13(17)16-12)4-3-5-14-11/h9-10H,2-7H2,1H3,(H2,14,15,16,17). The smallest absolute Gasteiger partial charge is 0.256 e. The van der Waals surface area contributed by atoms with Crippen LogP contribution in [0.25, 0.3) is 0 Å². The minimum atomic E-state index is 0.0539. The fourth-order valence-electron chi connectivity index (χ4n) is 2.66. The highest BCUT2D eigenvalue weighted by Crippen LogP contribution is 2.42. The van der Waals surface area contributed by atoms with E-state index in [0.717, 1.165) is 48.8 Å². The predicted molar refractivity (Wildman–Crippen MR) is 83.4 cm³/mol. The van der Waals surface area contributed by atoms with Gasteiger partial charge in [-0.15, -0.1) is 11.8 Å². The van der Waals surface area contributed by atoms with Crippen molar-refractivity contribution in [1.29, 1.82) is 0 Å². The summed E-state index contributed by atoms with van der Waals surface area (Å²) in [5, 5.41) is 4.15. The first-order valence-corrected chi connectivity index (χ1v) is 8.99. The SMILES string of the molecule is CCC1SCCSC1c1nc2c(c(=O)[nH]1)CCCN2. The van der Waals surface area contributed by atoms with Crippen LogP contribution in [0.1, 0.15) is 36.4 Å². The van der Waals surface area contributed by atoms with Gasteiger partial charge >= 0.3 is 0 Å². The van der Waals surface area contributed by atoms with Gasteiger partial charge in [-0.25, -0.2) is 4.98 Å². The lowest BCUT2D eigenvalue weighted by atomic mass is 10.1. The highest BCUT2D eigenvalue weighted by atomic mass is 32.2. The van der Waals surface area contributed by atoms with Gasteiger partial charge in [-0.2, -0.15) is 11.8 Å². The lowest BCUT2D eigenvalue weighted by molar-refractivity contribution is 0.726. The molecule has 2 aliphatic heterocycles. The summed E-state index contributed by atoms with van der Waals surface area (Å²) in [6.45, 7) is 3.14. The Morgan fingerprint density at radius 3 is 3.05 bits per heavy atom. The molecule has 1 fully saturated rings. The Balaban J connectivity index is 1.96. The number of nitrogens with zero attached hydrogens (tertiary/aromatic N) is 1. The first-order chi connectivity index (χ1) is 9.29. The van der Waals surface area contributed by atoms with Gasteiger partial charge in [0.15, 0.2) is 0 Å². The maximum atomic E-state index is 12.2. The van der Waals surface area contributed by atoms with Crippen LogP contribution in [-0.4, -0.2) is 33.3 Å². The van der Waals surface area contributed by atoms with E-state index in [1.807, 2.05) is 23.5 Å². The number of thioether (sulfide) groups is 2. The first kappa shape index (κ1) is 13.4. The molecule has 0 radical (unpaired) electrons. The lowest BCUT2D eigenvalue weighted by Gasteiger charge is -2.29. The third-order valence-electron chi connectivity index (χ3n) is 3.65. The Morgan fingerprint density at radius 1 is 1.37 bits per heavy atom. The normalized spacial score (nSPS) is 26.6. The average molecular weight is 297 g/mol. The number of aromatic nitrogens is 2. The van der Waals surface area contributed by atoms with E-state index in [9.17, 15) is 4.79 Å². The van der Waals surface area contributed by atoms with Gasteiger partial charge < -0.3 is 10.3 Å². The minimum absolute atomic E-state index is 0.0539. The topological polar surface area (TPSA) is 57.8 Å². The number of fused-ring (bicyclic) bond motifs is 1. The summed E-state index contributed by atoms with van der Waals surface area (Å²) in [5.41, 5.74) is 0.884. The van der Waals surface area contributed by atoms with E-state index < -0.39 is 0 Å². The molecule has 3 rings (SSSR count). The van der Waals surface area contributed by atoms with Gasteiger partial charge in [0.25, 0.3) is 5.56 Å². The molecule has 0 amide bonds. The van der Waals surface area contributed by atoms with Gasteiger partial charge in [0.05, 0.1) is 10.8 Å². The number of hydrogen-bond donors (Lipinski definition) is 2. The number of anilines is 1. The Labute approximate surface area is 121 Å². The van der Waals surface area contributed by atoms with Crippen LogP contribution >= 0.6 is 23.5 Å². The zero-order valence-corrected chi connectivity index (χ0v) is 12.7. The highest BCUT2D eigenvalue weighted by Gasteiger charge is 2.29. The second-order valence-electron chi connectivity index (χ2n) is 4.92. The molecule has 4 nitrogen and oxygen atoms in total. The molecule has 2 atom stereocenters. The second-order valence-corrected chi connectivity index (χ2v) is 7.51. The summed E-state index contributed by atoms with van der Waals surface area (Å²) in [7, 11) is 0. The Kier molecular flexibility index (Phi) is 4.07. The van der Waals surface area contributed by atoms with Crippen LogP contribution in [-0.2, 0) is 6.42 Å².